The average molecular weight is 464 g/mol. The maximum atomic E-state index is 13.3. The third-order valence-electron chi connectivity index (χ3n) is 7.07. The van der Waals surface area contributed by atoms with E-state index >= 15 is 0 Å². The number of piperazine rings is 1. The highest BCUT2D eigenvalue weighted by molar-refractivity contribution is 5.87. The number of rotatable bonds is 5. The Bertz CT molecular complexity index is 991. The summed E-state index contributed by atoms with van der Waals surface area (Å²) in [5, 5.41) is 9.22. The van der Waals surface area contributed by atoms with Gasteiger partial charge in [-0.1, -0.05) is 11.6 Å². The van der Waals surface area contributed by atoms with Crippen molar-refractivity contribution in [2.75, 3.05) is 19.6 Å². The summed E-state index contributed by atoms with van der Waals surface area (Å²) in [4.78, 5) is 31.0. The van der Waals surface area contributed by atoms with Crippen LogP contribution in [0.1, 0.15) is 48.9 Å². The van der Waals surface area contributed by atoms with E-state index in [-0.39, 0.29) is 24.4 Å². The molecule has 0 spiro atoms. The topological polar surface area (TPSA) is 93.7 Å². The molecule has 3 saturated heterocycles. The fourth-order valence-corrected chi connectivity index (χ4v) is 5.49. The monoisotopic (exact) mass is 463 g/mol. The van der Waals surface area contributed by atoms with Crippen LogP contribution in [-0.2, 0) is 15.8 Å². The second kappa shape index (κ2) is 8.61. The van der Waals surface area contributed by atoms with E-state index in [1.165, 1.54) is 4.90 Å². The summed E-state index contributed by atoms with van der Waals surface area (Å²) in [6.45, 7) is 4.60. The Labute approximate surface area is 190 Å². The van der Waals surface area contributed by atoms with Crippen molar-refractivity contribution < 1.29 is 22.8 Å². The number of nitrogens with zero attached hydrogens (tertiary/aromatic N) is 4. The molecule has 10 heteroatoms. The number of alkyl halides is 3. The zero-order valence-electron chi connectivity index (χ0n) is 18.7. The van der Waals surface area contributed by atoms with Gasteiger partial charge in [-0.2, -0.15) is 18.4 Å². The number of fused-ring (bicyclic) bond motifs is 2. The molecule has 0 saturated carbocycles. The van der Waals surface area contributed by atoms with Gasteiger partial charge in [0.15, 0.2) is 0 Å². The van der Waals surface area contributed by atoms with Gasteiger partial charge in [0.05, 0.1) is 29.8 Å². The summed E-state index contributed by atoms with van der Waals surface area (Å²) < 4.78 is 39.8. The number of likely N-dealkylation sites (tertiary alicyclic amines) is 3. The lowest BCUT2D eigenvalue weighted by molar-refractivity contribution is -0.141. The van der Waals surface area contributed by atoms with Crippen molar-refractivity contribution in [3.05, 3.63) is 34.9 Å². The predicted octanol–water partition coefficient (Wildman–Crippen LogP) is 2.20. The molecule has 5 atom stereocenters. The van der Waals surface area contributed by atoms with E-state index in [9.17, 15) is 28.0 Å². The van der Waals surface area contributed by atoms with Gasteiger partial charge in [0.2, 0.25) is 11.8 Å². The van der Waals surface area contributed by atoms with Crippen molar-refractivity contribution in [1.29, 1.82) is 5.26 Å². The maximum Gasteiger partial charge on any atom is 0.416 e. The second-order valence-electron chi connectivity index (χ2n) is 9.34. The highest BCUT2D eigenvalue weighted by Gasteiger charge is 2.51. The standard InChI is InChI=1S/C23H28F3N5O2/c1-13-6-15(8-16(7-13)23(24,25)26)14(2)31-18-9-20(22(31)33)29(11-18)12-19(28)21(32)30-5-3-4-17(30)10-27/h6-8,14,17-20H,3-5,9,11-12,28H2,1-2H3/t14-,17+,18?,19+,20+/m1/s1. The molecule has 3 fully saturated rings. The van der Waals surface area contributed by atoms with Crippen molar-refractivity contribution in [2.45, 2.75) is 69.5 Å². The summed E-state index contributed by atoms with van der Waals surface area (Å²) in [7, 11) is 0. The predicted molar refractivity (Wildman–Crippen MR) is 114 cm³/mol. The van der Waals surface area contributed by atoms with Crippen LogP contribution < -0.4 is 5.73 Å². The van der Waals surface area contributed by atoms with Crippen molar-refractivity contribution in [2.24, 2.45) is 5.73 Å². The third kappa shape index (κ3) is 4.32. The van der Waals surface area contributed by atoms with E-state index in [1.807, 2.05) is 4.90 Å². The second-order valence-corrected chi connectivity index (χ2v) is 9.34. The van der Waals surface area contributed by atoms with Crippen LogP contribution in [-0.4, -0.2) is 70.3 Å². The number of amides is 2. The van der Waals surface area contributed by atoms with E-state index in [2.05, 4.69) is 6.07 Å². The molecule has 178 valence electrons. The normalized spacial score (nSPS) is 27.2. The molecule has 33 heavy (non-hydrogen) atoms. The number of carbonyl (C=O) groups excluding carboxylic acids is 2. The number of nitriles is 1. The van der Waals surface area contributed by atoms with Gasteiger partial charge in [0.25, 0.3) is 0 Å². The summed E-state index contributed by atoms with van der Waals surface area (Å²) in [6, 6.07) is 3.68. The van der Waals surface area contributed by atoms with Crippen LogP contribution >= 0.6 is 0 Å². The Kier molecular flexibility index (Phi) is 6.14. The number of aryl methyl sites for hydroxylation is 1. The number of nitrogens with two attached hydrogens (primary N) is 1. The molecule has 0 aromatic heterocycles. The molecule has 1 aromatic carbocycles. The Morgan fingerprint density at radius 2 is 2.06 bits per heavy atom. The fraction of sp³-hybridized carbons (Fsp3) is 0.609. The molecule has 0 aliphatic carbocycles. The first-order valence-corrected chi connectivity index (χ1v) is 11.2. The number of benzene rings is 1. The van der Waals surface area contributed by atoms with Crippen molar-refractivity contribution in [3.63, 3.8) is 0 Å². The van der Waals surface area contributed by atoms with Crippen LogP contribution in [0.3, 0.4) is 0 Å². The number of hydrogen-bond acceptors (Lipinski definition) is 5. The average Bonchev–Trinajstić information content (AvgIpc) is 3.46. The van der Waals surface area contributed by atoms with Gasteiger partial charge in [0, 0.05) is 25.7 Å². The minimum absolute atomic E-state index is 0.145. The maximum absolute atomic E-state index is 13.3. The van der Waals surface area contributed by atoms with Crippen LogP contribution in [0.15, 0.2) is 18.2 Å². The fourth-order valence-electron chi connectivity index (χ4n) is 5.49. The zero-order valence-corrected chi connectivity index (χ0v) is 18.7. The first-order valence-electron chi connectivity index (χ1n) is 11.2. The molecular weight excluding hydrogens is 435 g/mol. The number of halogens is 3. The van der Waals surface area contributed by atoms with Gasteiger partial charge in [-0.25, -0.2) is 0 Å². The van der Waals surface area contributed by atoms with Gasteiger partial charge < -0.3 is 15.5 Å². The summed E-state index contributed by atoms with van der Waals surface area (Å²) in [5.74, 6) is -0.427. The highest BCUT2D eigenvalue weighted by atomic mass is 19.4. The van der Waals surface area contributed by atoms with Crippen molar-refractivity contribution >= 4 is 11.8 Å². The summed E-state index contributed by atoms with van der Waals surface area (Å²) in [6.07, 6.45) is -2.48. The highest BCUT2D eigenvalue weighted by Crippen LogP contribution is 2.39. The van der Waals surface area contributed by atoms with E-state index in [0.717, 1.165) is 18.6 Å². The smallest absolute Gasteiger partial charge is 0.330 e. The molecular formula is C23H28F3N5O2. The molecule has 2 amide bonds. The molecule has 2 N–H and O–H groups in total. The van der Waals surface area contributed by atoms with E-state index in [0.29, 0.717) is 37.1 Å². The van der Waals surface area contributed by atoms with Gasteiger partial charge in [-0.05, 0) is 50.8 Å². The van der Waals surface area contributed by atoms with Crippen LogP contribution in [0.25, 0.3) is 0 Å². The van der Waals surface area contributed by atoms with Gasteiger partial charge in [-0.3, -0.25) is 14.5 Å². The number of hydrogen-bond donors (Lipinski definition) is 1. The molecule has 1 unspecified atom stereocenters. The van der Waals surface area contributed by atoms with Crippen molar-refractivity contribution in [1.82, 2.24) is 14.7 Å². The Hall–Kier alpha value is -2.64. The zero-order chi connectivity index (χ0) is 24.1. The molecule has 7 nitrogen and oxygen atoms in total. The SMILES string of the molecule is Cc1cc([C@@H](C)N2C(=O)[C@@H]3CC2CN3C[C@H](N)C(=O)N2CCC[C@H]2C#N)cc(C(F)(F)F)c1. The lowest BCUT2D eigenvalue weighted by Crippen LogP contribution is -2.56. The molecule has 3 aliphatic rings. The van der Waals surface area contributed by atoms with E-state index in [1.54, 1.807) is 24.8 Å². The molecule has 2 bridgehead atoms. The summed E-state index contributed by atoms with van der Waals surface area (Å²) >= 11 is 0. The Balaban J connectivity index is 1.44. The third-order valence-corrected chi connectivity index (χ3v) is 7.07. The summed E-state index contributed by atoms with van der Waals surface area (Å²) in [5.41, 5.74) is 6.39. The van der Waals surface area contributed by atoms with Gasteiger partial charge in [0.1, 0.15) is 6.04 Å². The van der Waals surface area contributed by atoms with Crippen molar-refractivity contribution in [3.8, 4) is 6.07 Å². The number of carbonyl (C=O) groups is 2. The van der Waals surface area contributed by atoms with Crippen LogP contribution in [0.2, 0.25) is 0 Å². The minimum atomic E-state index is -4.45. The molecule has 1 aromatic rings. The van der Waals surface area contributed by atoms with Crippen LogP contribution in [0.5, 0.6) is 0 Å². The molecule has 4 rings (SSSR count). The van der Waals surface area contributed by atoms with Crippen LogP contribution in [0, 0.1) is 18.3 Å². The van der Waals surface area contributed by atoms with E-state index in [4.69, 9.17) is 5.73 Å². The largest absolute Gasteiger partial charge is 0.416 e. The lowest BCUT2D eigenvalue weighted by Gasteiger charge is -2.38. The Morgan fingerprint density at radius 1 is 1.33 bits per heavy atom. The Morgan fingerprint density at radius 3 is 2.70 bits per heavy atom. The van der Waals surface area contributed by atoms with Gasteiger partial charge in [-0.15, -0.1) is 0 Å². The quantitative estimate of drug-likeness (QED) is 0.723. The molecule has 3 aliphatic heterocycles. The van der Waals surface area contributed by atoms with E-state index < -0.39 is 35.9 Å². The first-order chi connectivity index (χ1) is 15.5. The van der Waals surface area contributed by atoms with Crippen LogP contribution in [0.4, 0.5) is 13.2 Å². The lowest BCUT2D eigenvalue weighted by atomic mass is 9.99. The first kappa shape index (κ1) is 23.5. The van der Waals surface area contributed by atoms with Gasteiger partial charge >= 0.3 is 6.18 Å². The molecule has 0 radical (unpaired) electrons. The minimum Gasteiger partial charge on any atom is -0.330 e. The molecule has 3 heterocycles.